The van der Waals surface area contributed by atoms with E-state index in [9.17, 15) is 4.79 Å². The quantitative estimate of drug-likeness (QED) is 0.579. The van der Waals surface area contributed by atoms with Crippen molar-refractivity contribution in [2.45, 2.75) is 0 Å². The minimum atomic E-state index is -0.364. The lowest BCUT2D eigenvalue weighted by Gasteiger charge is -2.05. The van der Waals surface area contributed by atoms with Gasteiger partial charge in [-0.2, -0.15) is 0 Å². The van der Waals surface area contributed by atoms with Crippen LogP contribution in [0.5, 0.6) is 0 Å². The molecule has 0 saturated heterocycles. The zero-order valence-corrected chi connectivity index (χ0v) is 8.26. The predicted octanol–water partition coefficient (Wildman–Crippen LogP) is 1.07. The van der Waals surface area contributed by atoms with E-state index in [1.807, 2.05) is 0 Å². The van der Waals surface area contributed by atoms with Gasteiger partial charge in [0.2, 0.25) is 0 Å². The molecule has 0 spiro atoms. The smallest absolute Gasteiger partial charge is 0.293 e. The molecular weight excluding hydrogens is 200 g/mol. The van der Waals surface area contributed by atoms with Crippen LogP contribution in [0.1, 0.15) is 10.6 Å². The summed E-state index contributed by atoms with van der Waals surface area (Å²) in [5.41, 5.74) is 0. The Morgan fingerprint density at radius 2 is 2.50 bits per heavy atom. The Hall–Kier alpha value is -1.62. The van der Waals surface area contributed by atoms with Gasteiger partial charge in [0.15, 0.2) is 10.9 Å². The van der Waals surface area contributed by atoms with E-state index in [4.69, 9.17) is 16.6 Å². The van der Waals surface area contributed by atoms with Crippen LogP contribution in [-0.2, 0) is 0 Å². The van der Waals surface area contributed by atoms with Crippen LogP contribution in [0.15, 0.2) is 35.5 Å². The normalized spacial score (nSPS) is 9.14. The van der Waals surface area contributed by atoms with Gasteiger partial charge in [-0.25, -0.2) is 0 Å². The number of carbonyl (C=O) groups is 1. The first-order valence-electron chi connectivity index (χ1n) is 3.97. The number of rotatable bonds is 3. The third-order valence-corrected chi connectivity index (χ3v) is 1.63. The summed E-state index contributed by atoms with van der Waals surface area (Å²) in [6.07, 6.45) is 3.07. The maximum atomic E-state index is 11.3. The fraction of sp³-hybridized carbons (Fsp3) is 0.111. The Bertz CT molecular complexity index is 333. The minimum absolute atomic E-state index is 0.229. The molecule has 74 valence electrons. The molecule has 1 heterocycles. The van der Waals surface area contributed by atoms with E-state index in [1.54, 1.807) is 18.2 Å². The van der Waals surface area contributed by atoms with Crippen molar-refractivity contribution in [3.63, 3.8) is 0 Å². The maximum Gasteiger partial charge on any atom is 0.293 e. The third-order valence-electron chi connectivity index (χ3n) is 1.38. The van der Waals surface area contributed by atoms with Crippen LogP contribution in [-0.4, -0.2) is 17.6 Å². The first-order chi connectivity index (χ1) is 6.74. The molecule has 2 N–H and O–H groups in total. The summed E-state index contributed by atoms with van der Waals surface area (Å²) in [7, 11) is 0. The lowest BCUT2D eigenvalue weighted by Crippen LogP contribution is -2.39. The Balaban J connectivity index is 2.41. The summed E-state index contributed by atoms with van der Waals surface area (Å²) >= 11 is 4.84. The zero-order valence-electron chi connectivity index (χ0n) is 7.45. The van der Waals surface area contributed by atoms with Gasteiger partial charge in [0, 0.05) is 6.54 Å². The summed E-state index contributed by atoms with van der Waals surface area (Å²) in [5, 5.41) is 5.48. The van der Waals surface area contributed by atoms with Crippen molar-refractivity contribution in [3.8, 4) is 0 Å². The second-order valence-corrected chi connectivity index (χ2v) is 2.84. The van der Waals surface area contributed by atoms with Crippen molar-refractivity contribution in [3.05, 3.63) is 36.8 Å². The van der Waals surface area contributed by atoms with E-state index >= 15 is 0 Å². The largest absolute Gasteiger partial charge is 0.459 e. The van der Waals surface area contributed by atoms with E-state index < -0.39 is 0 Å². The monoisotopic (exact) mass is 210 g/mol. The summed E-state index contributed by atoms with van der Waals surface area (Å²) in [6, 6.07) is 3.20. The molecule has 0 unspecified atom stereocenters. The maximum absolute atomic E-state index is 11.3. The fourth-order valence-electron chi connectivity index (χ4n) is 0.782. The molecule has 0 fully saturated rings. The summed E-state index contributed by atoms with van der Waals surface area (Å²) < 4.78 is 4.88. The third kappa shape index (κ3) is 3.02. The van der Waals surface area contributed by atoms with Crippen molar-refractivity contribution in [2.75, 3.05) is 6.54 Å². The van der Waals surface area contributed by atoms with Gasteiger partial charge in [-0.1, -0.05) is 6.08 Å². The van der Waals surface area contributed by atoms with E-state index in [0.717, 1.165) is 0 Å². The van der Waals surface area contributed by atoms with E-state index in [1.165, 1.54) is 6.26 Å². The molecule has 0 atom stereocenters. The van der Waals surface area contributed by atoms with Crippen LogP contribution in [0.4, 0.5) is 0 Å². The molecule has 1 rings (SSSR count). The molecule has 0 aromatic carbocycles. The first kappa shape index (κ1) is 10.5. The average Bonchev–Trinajstić information content (AvgIpc) is 2.67. The van der Waals surface area contributed by atoms with Gasteiger partial charge < -0.3 is 9.73 Å². The lowest BCUT2D eigenvalue weighted by atomic mass is 10.4. The van der Waals surface area contributed by atoms with Crippen LogP contribution in [0.25, 0.3) is 0 Å². The van der Waals surface area contributed by atoms with Crippen LogP contribution in [0.3, 0.4) is 0 Å². The van der Waals surface area contributed by atoms with Gasteiger partial charge in [-0.05, 0) is 24.4 Å². The molecule has 0 radical (unpaired) electrons. The van der Waals surface area contributed by atoms with Crippen LogP contribution in [0.2, 0.25) is 0 Å². The van der Waals surface area contributed by atoms with Gasteiger partial charge in [-0.15, -0.1) is 6.58 Å². The van der Waals surface area contributed by atoms with E-state index in [0.29, 0.717) is 6.54 Å². The molecule has 0 saturated carbocycles. The second-order valence-electron chi connectivity index (χ2n) is 2.43. The number of nitrogens with one attached hydrogen (secondary N) is 2. The van der Waals surface area contributed by atoms with Crippen LogP contribution < -0.4 is 10.6 Å². The topological polar surface area (TPSA) is 54.3 Å². The number of thiocarbonyl (C=S) groups is 1. The number of hydrogen-bond donors (Lipinski definition) is 2. The standard InChI is InChI=1S/C9H10N2O2S/c1-2-5-10-9(14)11-8(12)7-4-3-6-13-7/h2-4,6H,1,5H2,(H2,10,11,12,14). The molecule has 0 aliphatic heterocycles. The van der Waals surface area contributed by atoms with Crippen molar-refractivity contribution in [1.82, 2.24) is 10.6 Å². The van der Waals surface area contributed by atoms with Gasteiger partial charge in [0.1, 0.15) is 0 Å². The Kier molecular flexibility index (Phi) is 3.87. The number of carbonyl (C=O) groups excluding carboxylic acids is 1. The van der Waals surface area contributed by atoms with Crippen molar-refractivity contribution in [1.29, 1.82) is 0 Å². The number of furan rings is 1. The van der Waals surface area contributed by atoms with Gasteiger partial charge >= 0.3 is 0 Å². The van der Waals surface area contributed by atoms with E-state index in [-0.39, 0.29) is 16.8 Å². The second kappa shape index (κ2) is 5.18. The number of amides is 1. The highest BCUT2D eigenvalue weighted by Gasteiger charge is 2.08. The van der Waals surface area contributed by atoms with Crippen molar-refractivity contribution in [2.24, 2.45) is 0 Å². The molecule has 4 nitrogen and oxygen atoms in total. The molecule has 14 heavy (non-hydrogen) atoms. The van der Waals surface area contributed by atoms with Crippen LogP contribution in [0, 0.1) is 0 Å². The number of hydrogen-bond acceptors (Lipinski definition) is 3. The molecule has 0 aliphatic rings. The predicted molar refractivity (Wildman–Crippen MR) is 57.0 cm³/mol. The molecule has 1 aromatic rings. The van der Waals surface area contributed by atoms with Gasteiger partial charge in [-0.3, -0.25) is 10.1 Å². The highest BCUT2D eigenvalue weighted by Crippen LogP contribution is 1.98. The average molecular weight is 210 g/mol. The summed E-state index contributed by atoms with van der Waals surface area (Å²) in [5.74, 6) is -0.135. The Morgan fingerprint density at radius 3 is 3.07 bits per heavy atom. The van der Waals surface area contributed by atoms with E-state index in [2.05, 4.69) is 17.2 Å². The molecule has 1 amide bonds. The zero-order chi connectivity index (χ0) is 10.4. The van der Waals surface area contributed by atoms with Crippen molar-refractivity contribution >= 4 is 23.2 Å². The molecule has 0 bridgehead atoms. The highest BCUT2D eigenvalue weighted by atomic mass is 32.1. The highest BCUT2D eigenvalue weighted by molar-refractivity contribution is 7.80. The fourth-order valence-corrected chi connectivity index (χ4v) is 0.958. The minimum Gasteiger partial charge on any atom is -0.459 e. The molecular formula is C9H10N2O2S. The first-order valence-corrected chi connectivity index (χ1v) is 4.38. The molecule has 0 aliphatic carbocycles. The molecule has 1 aromatic heterocycles. The van der Waals surface area contributed by atoms with Gasteiger partial charge in [0.05, 0.1) is 6.26 Å². The van der Waals surface area contributed by atoms with Crippen molar-refractivity contribution < 1.29 is 9.21 Å². The summed E-state index contributed by atoms with van der Waals surface area (Å²) in [6.45, 7) is 4.02. The molecule has 5 heteroatoms. The SMILES string of the molecule is C=CCNC(=S)NC(=O)c1ccco1. The van der Waals surface area contributed by atoms with Crippen LogP contribution >= 0.6 is 12.2 Å². The lowest BCUT2D eigenvalue weighted by molar-refractivity contribution is 0.0949. The summed E-state index contributed by atoms with van der Waals surface area (Å²) in [4.78, 5) is 11.3. The van der Waals surface area contributed by atoms with Gasteiger partial charge in [0.25, 0.3) is 5.91 Å². The Labute approximate surface area is 87.0 Å². The Morgan fingerprint density at radius 1 is 1.71 bits per heavy atom.